The third kappa shape index (κ3) is 4.04. The van der Waals surface area contributed by atoms with Gasteiger partial charge in [0.25, 0.3) is 0 Å². The van der Waals surface area contributed by atoms with E-state index >= 15 is 0 Å². The van der Waals surface area contributed by atoms with Gasteiger partial charge in [-0.2, -0.15) is 0 Å². The van der Waals surface area contributed by atoms with E-state index in [0.29, 0.717) is 6.04 Å². The van der Waals surface area contributed by atoms with Crippen molar-refractivity contribution in [3.63, 3.8) is 0 Å². The van der Waals surface area contributed by atoms with Crippen molar-refractivity contribution in [1.29, 1.82) is 0 Å². The molecule has 3 heteroatoms. The van der Waals surface area contributed by atoms with Crippen molar-refractivity contribution in [2.45, 2.75) is 19.9 Å². The minimum absolute atomic E-state index is 0.509. The highest BCUT2D eigenvalue weighted by Crippen LogP contribution is 1.98. The summed E-state index contributed by atoms with van der Waals surface area (Å²) in [7, 11) is 3.73. The fourth-order valence-corrected chi connectivity index (χ4v) is 1.46. The molecule has 0 rings (SSSR count). The Kier molecular flexibility index (Phi) is 7.45. The summed E-state index contributed by atoms with van der Waals surface area (Å²) >= 11 is 0. The van der Waals surface area contributed by atoms with E-state index < -0.39 is 0 Å². The van der Waals surface area contributed by atoms with Crippen LogP contribution < -0.4 is 5.32 Å². The van der Waals surface area contributed by atoms with E-state index in [1.54, 1.807) is 7.11 Å². The van der Waals surface area contributed by atoms with Gasteiger partial charge < -0.3 is 10.1 Å². The van der Waals surface area contributed by atoms with Crippen molar-refractivity contribution in [2.24, 2.45) is 0 Å². The molecule has 0 aliphatic carbocycles. The van der Waals surface area contributed by atoms with Crippen molar-refractivity contribution in [1.82, 2.24) is 10.2 Å². The van der Waals surface area contributed by atoms with E-state index in [9.17, 15) is 0 Å². The second-order valence-corrected chi connectivity index (χ2v) is 2.89. The number of methoxy groups -OCH3 is 1. The lowest BCUT2D eigenvalue weighted by atomic mass is 10.2. The van der Waals surface area contributed by atoms with Gasteiger partial charge in [0.1, 0.15) is 0 Å². The third-order valence-electron chi connectivity index (χ3n) is 2.13. The Morgan fingerprint density at radius 3 is 2.25 bits per heavy atom. The highest BCUT2D eigenvalue weighted by atomic mass is 16.5. The molecule has 0 spiro atoms. The standard InChI is InChI=1S/C9H22N2O/c1-5-11(6-2)9(7-10-3)8-12-4/h9-10H,5-8H2,1-4H3. The van der Waals surface area contributed by atoms with Crippen LogP contribution in [0.2, 0.25) is 0 Å². The molecule has 1 atom stereocenters. The number of ether oxygens (including phenoxy) is 1. The van der Waals surface area contributed by atoms with E-state index in [4.69, 9.17) is 4.74 Å². The molecule has 1 N–H and O–H groups in total. The molecule has 0 bridgehead atoms. The van der Waals surface area contributed by atoms with Crippen molar-refractivity contribution >= 4 is 0 Å². The van der Waals surface area contributed by atoms with Crippen LogP contribution in [-0.2, 0) is 4.74 Å². The first-order valence-electron chi connectivity index (χ1n) is 4.67. The van der Waals surface area contributed by atoms with Crippen LogP contribution in [0.3, 0.4) is 0 Å². The summed E-state index contributed by atoms with van der Waals surface area (Å²) in [6, 6.07) is 0.509. The molecule has 0 fully saturated rings. The van der Waals surface area contributed by atoms with Gasteiger partial charge >= 0.3 is 0 Å². The molecule has 0 aromatic carbocycles. The Balaban J connectivity index is 3.86. The number of nitrogens with one attached hydrogen (secondary N) is 1. The predicted octanol–water partition coefficient (Wildman–Crippen LogP) is 0.563. The maximum absolute atomic E-state index is 5.16. The minimum atomic E-state index is 0.509. The Morgan fingerprint density at radius 2 is 1.92 bits per heavy atom. The average Bonchev–Trinajstić information content (AvgIpc) is 2.07. The Morgan fingerprint density at radius 1 is 1.33 bits per heavy atom. The predicted molar refractivity (Wildman–Crippen MR) is 52.5 cm³/mol. The lowest BCUT2D eigenvalue weighted by molar-refractivity contribution is 0.0969. The van der Waals surface area contributed by atoms with Crippen LogP contribution in [0.15, 0.2) is 0 Å². The van der Waals surface area contributed by atoms with Crippen LogP contribution in [0.25, 0.3) is 0 Å². The van der Waals surface area contributed by atoms with Gasteiger partial charge in [0, 0.05) is 19.7 Å². The van der Waals surface area contributed by atoms with E-state index in [2.05, 4.69) is 24.1 Å². The zero-order chi connectivity index (χ0) is 9.40. The largest absolute Gasteiger partial charge is 0.383 e. The highest BCUT2D eigenvalue weighted by molar-refractivity contribution is 4.70. The fourth-order valence-electron chi connectivity index (χ4n) is 1.46. The smallest absolute Gasteiger partial charge is 0.0630 e. The number of nitrogens with zero attached hydrogens (tertiary/aromatic N) is 1. The number of hydrogen-bond acceptors (Lipinski definition) is 3. The highest BCUT2D eigenvalue weighted by Gasteiger charge is 2.13. The topological polar surface area (TPSA) is 24.5 Å². The van der Waals surface area contributed by atoms with Crippen molar-refractivity contribution in [2.75, 3.05) is 40.4 Å². The molecule has 0 aromatic rings. The van der Waals surface area contributed by atoms with E-state index in [1.165, 1.54) is 0 Å². The van der Waals surface area contributed by atoms with Crippen LogP contribution >= 0.6 is 0 Å². The molecule has 0 aliphatic heterocycles. The molecule has 0 aliphatic rings. The van der Waals surface area contributed by atoms with E-state index in [0.717, 1.165) is 26.2 Å². The molecule has 0 aromatic heterocycles. The molecule has 74 valence electrons. The van der Waals surface area contributed by atoms with Crippen molar-refractivity contribution < 1.29 is 4.74 Å². The summed E-state index contributed by atoms with van der Waals surface area (Å²) < 4.78 is 5.16. The van der Waals surface area contributed by atoms with Gasteiger partial charge in [0.05, 0.1) is 6.61 Å². The fraction of sp³-hybridized carbons (Fsp3) is 1.00. The molecule has 1 unspecified atom stereocenters. The summed E-state index contributed by atoms with van der Waals surface area (Å²) in [6.07, 6.45) is 0. The number of likely N-dealkylation sites (N-methyl/N-ethyl adjacent to an activating group) is 2. The van der Waals surface area contributed by atoms with E-state index in [-0.39, 0.29) is 0 Å². The number of hydrogen-bond donors (Lipinski definition) is 1. The SMILES string of the molecule is CCN(CC)C(CNC)COC. The Hall–Kier alpha value is -0.120. The summed E-state index contributed by atoms with van der Waals surface area (Å²) in [5, 5.41) is 3.18. The van der Waals surface area contributed by atoms with Crippen LogP contribution in [-0.4, -0.2) is 51.3 Å². The summed E-state index contributed by atoms with van der Waals surface area (Å²) in [4.78, 5) is 2.40. The minimum Gasteiger partial charge on any atom is -0.383 e. The monoisotopic (exact) mass is 174 g/mol. The summed E-state index contributed by atoms with van der Waals surface area (Å²) in [6.45, 7) is 8.35. The second kappa shape index (κ2) is 7.53. The third-order valence-corrected chi connectivity index (χ3v) is 2.13. The quantitative estimate of drug-likeness (QED) is 0.610. The van der Waals surface area contributed by atoms with Crippen molar-refractivity contribution in [3.8, 4) is 0 Å². The van der Waals surface area contributed by atoms with Gasteiger partial charge in [0.15, 0.2) is 0 Å². The van der Waals surface area contributed by atoms with Crippen LogP contribution in [0.4, 0.5) is 0 Å². The maximum Gasteiger partial charge on any atom is 0.0630 e. The van der Waals surface area contributed by atoms with Crippen molar-refractivity contribution in [3.05, 3.63) is 0 Å². The average molecular weight is 174 g/mol. The van der Waals surface area contributed by atoms with Crippen LogP contribution in [0.1, 0.15) is 13.8 Å². The maximum atomic E-state index is 5.16. The van der Waals surface area contributed by atoms with Gasteiger partial charge in [-0.25, -0.2) is 0 Å². The second-order valence-electron chi connectivity index (χ2n) is 2.89. The molecule has 0 amide bonds. The van der Waals surface area contributed by atoms with Gasteiger partial charge in [-0.15, -0.1) is 0 Å². The van der Waals surface area contributed by atoms with Gasteiger partial charge in [-0.3, -0.25) is 4.90 Å². The zero-order valence-corrected chi connectivity index (χ0v) is 8.76. The van der Waals surface area contributed by atoms with E-state index in [1.807, 2.05) is 7.05 Å². The molecule has 0 radical (unpaired) electrons. The van der Waals surface area contributed by atoms with Gasteiger partial charge in [-0.1, -0.05) is 13.8 Å². The molecule has 3 nitrogen and oxygen atoms in total. The molecule has 0 heterocycles. The molecule has 0 saturated carbocycles. The molecular weight excluding hydrogens is 152 g/mol. The van der Waals surface area contributed by atoms with Crippen LogP contribution in [0, 0.1) is 0 Å². The Labute approximate surface area is 76.1 Å². The van der Waals surface area contributed by atoms with Gasteiger partial charge in [-0.05, 0) is 20.1 Å². The lowest BCUT2D eigenvalue weighted by Crippen LogP contribution is -2.44. The summed E-state index contributed by atoms with van der Waals surface area (Å²) in [5.74, 6) is 0. The van der Waals surface area contributed by atoms with Gasteiger partial charge in [0.2, 0.25) is 0 Å². The number of rotatable bonds is 7. The van der Waals surface area contributed by atoms with Crippen LogP contribution in [0.5, 0.6) is 0 Å². The summed E-state index contributed by atoms with van der Waals surface area (Å²) in [5.41, 5.74) is 0. The molecule has 12 heavy (non-hydrogen) atoms. The Bertz CT molecular complexity index is 88.5. The lowest BCUT2D eigenvalue weighted by Gasteiger charge is -2.28. The first-order valence-corrected chi connectivity index (χ1v) is 4.67. The first kappa shape index (κ1) is 11.9. The molecule has 0 saturated heterocycles. The zero-order valence-electron chi connectivity index (χ0n) is 8.76. The first-order chi connectivity index (χ1) is 5.79. The molecular formula is C9H22N2O. The normalized spacial score (nSPS) is 13.8.